The van der Waals surface area contributed by atoms with Crippen LogP contribution in [-0.2, 0) is 0 Å². The molecule has 0 aliphatic rings. The third-order valence-corrected chi connectivity index (χ3v) is 2.58. The summed E-state index contributed by atoms with van der Waals surface area (Å²) in [6.07, 6.45) is 0. The first-order valence-corrected chi connectivity index (χ1v) is 4.97. The van der Waals surface area contributed by atoms with Gasteiger partial charge in [0.05, 0.1) is 5.52 Å². The Morgan fingerprint density at radius 2 is 1.80 bits per heavy atom. The van der Waals surface area contributed by atoms with Gasteiger partial charge in [0, 0.05) is 5.39 Å². The van der Waals surface area contributed by atoms with Gasteiger partial charge < -0.3 is 5.43 Å². The smallest absolute Gasteiger partial charge is 0.143 e. The molecule has 0 aliphatic heterocycles. The second kappa shape index (κ2) is 3.51. The highest BCUT2D eigenvalue weighted by molar-refractivity contribution is 5.85. The number of nitrogens with one attached hydrogen (secondary N) is 1. The van der Waals surface area contributed by atoms with E-state index in [2.05, 4.69) is 42.5 Å². The Hall–Kier alpha value is -1.61. The van der Waals surface area contributed by atoms with E-state index in [9.17, 15) is 0 Å². The average Bonchev–Trinajstić information content (AvgIpc) is 2.16. The Kier molecular flexibility index (Phi) is 2.32. The molecule has 0 saturated heterocycles. The predicted molar refractivity (Wildman–Crippen MR) is 63.8 cm³/mol. The number of rotatable bonds is 1. The lowest BCUT2D eigenvalue weighted by Gasteiger charge is -2.08. The minimum Gasteiger partial charge on any atom is -0.308 e. The third-order valence-electron chi connectivity index (χ3n) is 2.58. The maximum absolute atomic E-state index is 5.41. The fraction of sp³-hybridized carbons (Fsp3) is 0.250. The van der Waals surface area contributed by atoms with Gasteiger partial charge in [-0.05, 0) is 44.0 Å². The van der Waals surface area contributed by atoms with E-state index in [1.165, 1.54) is 16.5 Å². The van der Waals surface area contributed by atoms with Crippen molar-refractivity contribution in [2.24, 2.45) is 5.84 Å². The van der Waals surface area contributed by atoms with Crippen molar-refractivity contribution in [2.45, 2.75) is 20.8 Å². The van der Waals surface area contributed by atoms with E-state index in [0.29, 0.717) is 0 Å². The van der Waals surface area contributed by atoms with Crippen LogP contribution in [0.4, 0.5) is 5.82 Å². The van der Waals surface area contributed by atoms with Gasteiger partial charge in [0.25, 0.3) is 0 Å². The molecular weight excluding hydrogens is 186 g/mol. The number of fused-ring (bicyclic) bond motifs is 1. The molecule has 3 nitrogen and oxygen atoms in total. The van der Waals surface area contributed by atoms with Crippen molar-refractivity contribution in [2.75, 3.05) is 5.43 Å². The number of anilines is 1. The topological polar surface area (TPSA) is 50.9 Å². The average molecular weight is 201 g/mol. The van der Waals surface area contributed by atoms with Crippen LogP contribution in [-0.4, -0.2) is 4.98 Å². The summed E-state index contributed by atoms with van der Waals surface area (Å²) in [5.41, 5.74) is 7.14. The fourth-order valence-corrected chi connectivity index (χ4v) is 1.90. The van der Waals surface area contributed by atoms with Gasteiger partial charge in [-0.25, -0.2) is 10.8 Å². The Balaban J connectivity index is 2.81. The van der Waals surface area contributed by atoms with Crippen LogP contribution >= 0.6 is 0 Å². The Morgan fingerprint density at radius 3 is 2.47 bits per heavy atom. The van der Waals surface area contributed by atoms with Crippen LogP contribution in [0.15, 0.2) is 18.2 Å². The summed E-state index contributed by atoms with van der Waals surface area (Å²) in [4.78, 5) is 4.50. The summed E-state index contributed by atoms with van der Waals surface area (Å²) in [5, 5.41) is 1.17. The van der Waals surface area contributed by atoms with Crippen LogP contribution in [0.3, 0.4) is 0 Å². The monoisotopic (exact) mass is 201 g/mol. The third kappa shape index (κ3) is 1.66. The van der Waals surface area contributed by atoms with Gasteiger partial charge in [-0.15, -0.1) is 0 Å². The molecule has 2 rings (SSSR count). The molecule has 1 aromatic heterocycles. The summed E-state index contributed by atoms with van der Waals surface area (Å²) in [6.45, 7) is 6.16. The highest BCUT2D eigenvalue weighted by atomic mass is 15.2. The molecule has 0 saturated carbocycles. The quantitative estimate of drug-likeness (QED) is 0.550. The van der Waals surface area contributed by atoms with E-state index in [1.807, 2.05) is 6.92 Å². The number of benzene rings is 1. The molecule has 0 bridgehead atoms. The Bertz CT molecular complexity index is 518. The molecule has 3 N–H and O–H groups in total. The molecular formula is C12H15N3. The molecule has 3 heteroatoms. The lowest BCUT2D eigenvalue weighted by atomic mass is 10.1. The van der Waals surface area contributed by atoms with Crippen molar-refractivity contribution in [1.29, 1.82) is 0 Å². The van der Waals surface area contributed by atoms with Crippen molar-refractivity contribution < 1.29 is 0 Å². The molecule has 78 valence electrons. The van der Waals surface area contributed by atoms with Crippen LogP contribution < -0.4 is 11.3 Å². The molecule has 0 atom stereocenters. The van der Waals surface area contributed by atoms with E-state index in [0.717, 1.165) is 16.9 Å². The maximum atomic E-state index is 5.41. The van der Waals surface area contributed by atoms with Crippen LogP contribution in [0, 0.1) is 20.8 Å². The number of nitrogens with two attached hydrogens (primary N) is 1. The standard InChI is InChI=1S/C12H15N3/c1-7-4-8(2)11-10(5-7)6-9(3)12(14-11)15-13/h4-6H,13H2,1-3H3,(H,14,15). The number of hydrogen-bond donors (Lipinski definition) is 2. The molecule has 15 heavy (non-hydrogen) atoms. The summed E-state index contributed by atoms with van der Waals surface area (Å²) in [5.74, 6) is 6.15. The SMILES string of the molecule is Cc1cc(C)c2nc(NN)c(C)cc2c1. The minimum absolute atomic E-state index is 0.745. The van der Waals surface area contributed by atoms with Crippen molar-refractivity contribution in [3.63, 3.8) is 0 Å². The fourth-order valence-electron chi connectivity index (χ4n) is 1.90. The Morgan fingerprint density at radius 1 is 1.07 bits per heavy atom. The number of hydrazine groups is 1. The first-order chi connectivity index (χ1) is 7.11. The van der Waals surface area contributed by atoms with E-state index in [-0.39, 0.29) is 0 Å². The molecule has 0 radical (unpaired) electrons. The van der Waals surface area contributed by atoms with Crippen LogP contribution in [0.5, 0.6) is 0 Å². The van der Waals surface area contributed by atoms with Gasteiger partial charge in [0.15, 0.2) is 0 Å². The maximum Gasteiger partial charge on any atom is 0.143 e. The lowest BCUT2D eigenvalue weighted by Crippen LogP contribution is -2.10. The van der Waals surface area contributed by atoms with Gasteiger partial charge in [-0.1, -0.05) is 11.6 Å². The summed E-state index contributed by atoms with van der Waals surface area (Å²) in [7, 11) is 0. The highest BCUT2D eigenvalue weighted by Crippen LogP contribution is 2.23. The van der Waals surface area contributed by atoms with Gasteiger partial charge in [-0.3, -0.25) is 0 Å². The van der Waals surface area contributed by atoms with Crippen LogP contribution in [0.2, 0.25) is 0 Å². The molecule has 0 spiro atoms. The van der Waals surface area contributed by atoms with Crippen LogP contribution in [0.25, 0.3) is 10.9 Å². The van der Waals surface area contributed by atoms with Gasteiger partial charge >= 0.3 is 0 Å². The summed E-state index contributed by atoms with van der Waals surface area (Å²) >= 11 is 0. The second-order valence-electron chi connectivity index (χ2n) is 3.95. The molecule has 2 aromatic rings. The number of nitrogens with zero attached hydrogens (tertiary/aromatic N) is 1. The van der Waals surface area contributed by atoms with Crippen molar-refractivity contribution in [1.82, 2.24) is 4.98 Å². The zero-order valence-corrected chi connectivity index (χ0v) is 9.26. The van der Waals surface area contributed by atoms with E-state index in [1.54, 1.807) is 0 Å². The molecule has 0 amide bonds. The normalized spacial score (nSPS) is 10.7. The van der Waals surface area contributed by atoms with Crippen molar-refractivity contribution >= 4 is 16.7 Å². The van der Waals surface area contributed by atoms with E-state index >= 15 is 0 Å². The molecule has 0 unspecified atom stereocenters. The Labute approximate surface area is 89.3 Å². The molecule has 0 fully saturated rings. The van der Waals surface area contributed by atoms with E-state index in [4.69, 9.17) is 5.84 Å². The largest absolute Gasteiger partial charge is 0.308 e. The van der Waals surface area contributed by atoms with E-state index < -0.39 is 0 Å². The second-order valence-corrected chi connectivity index (χ2v) is 3.95. The number of aryl methyl sites for hydroxylation is 3. The summed E-state index contributed by atoms with van der Waals surface area (Å²) < 4.78 is 0. The van der Waals surface area contributed by atoms with Crippen molar-refractivity contribution in [3.8, 4) is 0 Å². The minimum atomic E-state index is 0.745. The van der Waals surface area contributed by atoms with Crippen molar-refractivity contribution in [3.05, 3.63) is 34.9 Å². The molecule has 1 heterocycles. The first kappa shape index (κ1) is 9.93. The number of nitrogen functional groups attached to an aromatic ring is 1. The highest BCUT2D eigenvalue weighted by Gasteiger charge is 2.04. The zero-order chi connectivity index (χ0) is 11.0. The summed E-state index contributed by atoms with van der Waals surface area (Å²) in [6, 6.07) is 6.38. The zero-order valence-electron chi connectivity index (χ0n) is 9.26. The number of aromatic nitrogens is 1. The molecule has 1 aromatic carbocycles. The van der Waals surface area contributed by atoms with Gasteiger partial charge in [0.1, 0.15) is 5.82 Å². The predicted octanol–water partition coefficient (Wildman–Crippen LogP) is 2.45. The van der Waals surface area contributed by atoms with Crippen LogP contribution in [0.1, 0.15) is 16.7 Å². The number of hydrogen-bond acceptors (Lipinski definition) is 3. The lowest BCUT2D eigenvalue weighted by molar-refractivity contribution is 1.22. The van der Waals surface area contributed by atoms with Gasteiger partial charge in [-0.2, -0.15) is 0 Å². The van der Waals surface area contributed by atoms with Gasteiger partial charge in [0.2, 0.25) is 0 Å². The first-order valence-electron chi connectivity index (χ1n) is 4.97. The molecule has 0 aliphatic carbocycles. The number of pyridine rings is 1.